The fourth-order valence-corrected chi connectivity index (χ4v) is 1.15. The molecule has 0 saturated heterocycles. The van der Waals surface area contributed by atoms with Crippen molar-refractivity contribution in [3.8, 4) is 12.3 Å². The molecule has 1 aromatic carbocycles. The molecule has 0 heterocycles. The molecule has 1 aromatic rings. The van der Waals surface area contributed by atoms with Crippen molar-refractivity contribution in [3.63, 3.8) is 0 Å². The zero-order chi connectivity index (χ0) is 8.43. The van der Waals surface area contributed by atoms with E-state index in [4.69, 9.17) is 18.0 Å². The summed E-state index contributed by atoms with van der Waals surface area (Å²) < 4.78 is 0. The lowest BCUT2D eigenvalue weighted by atomic mass is 10.1. The summed E-state index contributed by atoms with van der Waals surface area (Å²) in [5.41, 5.74) is 3.01. The topological polar surface area (TPSA) is 0 Å². The Labute approximate surface area is 72.2 Å². The number of rotatable bonds is 0. The SMILES string of the molecule is C#Cc1cc(C)c(Cl)cc1C. The molecule has 0 aliphatic carbocycles. The van der Waals surface area contributed by atoms with Crippen LogP contribution in [0.15, 0.2) is 12.1 Å². The first-order valence-corrected chi connectivity index (χ1v) is 3.76. The summed E-state index contributed by atoms with van der Waals surface area (Å²) in [6.07, 6.45) is 5.28. The fourth-order valence-electron chi connectivity index (χ4n) is 0.936. The molecule has 0 bridgehead atoms. The maximum atomic E-state index is 5.87. The normalized spacial score (nSPS) is 9.27. The predicted molar refractivity (Wildman–Crippen MR) is 48.9 cm³/mol. The zero-order valence-corrected chi connectivity index (χ0v) is 7.37. The van der Waals surface area contributed by atoms with Crippen LogP contribution >= 0.6 is 11.6 Å². The Morgan fingerprint density at radius 3 is 2.45 bits per heavy atom. The first-order chi connectivity index (χ1) is 5.15. The number of halogens is 1. The second-order valence-electron chi connectivity index (χ2n) is 2.56. The van der Waals surface area contributed by atoms with Crippen molar-refractivity contribution >= 4 is 11.6 Å². The lowest BCUT2D eigenvalue weighted by Gasteiger charge is -2.01. The van der Waals surface area contributed by atoms with E-state index < -0.39 is 0 Å². The number of hydrogen-bond donors (Lipinski definition) is 0. The molecule has 0 unspecified atom stereocenters. The van der Waals surface area contributed by atoms with E-state index >= 15 is 0 Å². The van der Waals surface area contributed by atoms with Gasteiger partial charge in [-0.1, -0.05) is 17.5 Å². The van der Waals surface area contributed by atoms with Gasteiger partial charge >= 0.3 is 0 Å². The van der Waals surface area contributed by atoms with Gasteiger partial charge in [-0.3, -0.25) is 0 Å². The van der Waals surface area contributed by atoms with Crippen LogP contribution in [0.4, 0.5) is 0 Å². The van der Waals surface area contributed by atoms with E-state index in [0.29, 0.717) is 0 Å². The minimum atomic E-state index is 0.779. The van der Waals surface area contributed by atoms with Gasteiger partial charge in [-0.15, -0.1) is 6.42 Å². The molecule has 11 heavy (non-hydrogen) atoms. The van der Waals surface area contributed by atoms with Crippen LogP contribution in [0.2, 0.25) is 5.02 Å². The van der Waals surface area contributed by atoms with Gasteiger partial charge in [0.25, 0.3) is 0 Å². The molecule has 0 aliphatic rings. The molecule has 0 amide bonds. The Hall–Kier alpha value is -0.930. The molecule has 1 rings (SSSR count). The third kappa shape index (κ3) is 1.56. The van der Waals surface area contributed by atoms with E-state index in [-0.39, 0.29) is 0 Å². The van der Waals surface area contributed by atoms with Crippen LogP contribution < -0.4 is 0 Å². The maximum Gasteiger partial charge on any atom is 0.0438 e. The van der Waals surface area contributed by atoms with E-state index in [0.717, 1.165) is 21.7 Å². The van der Waals surface area contributed by atoms with Crippen molar-refractivity contribution < 1.29 is 0 Å². The Morgan fingerprint density at radius 1 is 1.27 bits per heavy atom. The van der Waals surface area contributed by atoms with Crippen LogP contribution in [0.3, 0.4) is 0 Å². The lowest BCUT2D eigenvalue weighted by Crippen LogP contribution is -1.84. The molecule has 56 valence electrons. The molecule has 0 atom stereocenters. The average Bonchev–Trinajstić information content (AvgIpc) is 1.97. The summed E-state index contributed by atoms with van der Waals surface area (Å²) in [7, 11) is 0. The van der Waals surface area contributed by atoms with E-state index in [1.807, 2.05) is 26.0 Å². The van der Waals surface area contributed by atoms with Gasteiger partial charge in [0.05, 0.1) is 0 Å². The molecule has 0 spiro atoms. The molecule has 0 saturated carbocycles. The molecule has 0 radical (unpaired) electrons. The van der Waals surface area contributed by atoms with E-state index in [9.17, 15) is 0 Å². The van der Waals surface area contributed by atoms with Crippen LogP contribution in [-0.4, -0.2) is 0 Å². The number of aryl methyl sites for hydroxylation is 2. The van der Waals surface area contributed by atoms with Gasteiger partial charge in [-0.05, 0) is 37.1 Å². The monoisotopic (exact) mass is 164 g/mol. The summed E-state index contributed by atoms with van der Waals surface area (Å²) in [6.45, 7) is 3.91. The highest BCUT2D eigenvalue weighted by atomic mass is 35.5. The number of hydrogen-bond acceptors (Lipinski definition) is 0. The first-order valence-electron chi connectivity index (χ1n) is 3.38. The van der Waals surface area contributed by atoms with Gasteiger partial charge in [0.15, 0.2) is 0 Å². The van der Waals surface area contributed by atoms with Crippen molar-refractivity contribution in [1.29, 1.82) is 0 Å². The average molecular weight is 165 g/mol. The smallest absolute Gasteiger partial charge is 0.0438 e. The summed E-state index contributed by atoms with van der Waals surface area (Å²) >= 11 is 5.87. The van der Waals surface area contributed by atoms with E-state index in [2.05, 4.69) is 5.92 Å². The molecule has 0 N–H and O–H groups in total. The van der Waals surface area contributed by atoms with Crippen molar-refractivity contribution in [1.82, 2.24) is 0 Å². The molecule has 1 heteroatoms. The van der Waals surface area contributed by atoms with Gasteiger partial charge in [0.1, 0.15) is 0 Å². The van der Waals surface area contributed by atoms with Crippen LogP contribution in [0.5, 0.6) is 0 Å². The van der Waals surface area contributed by atoms with Crippen molar-refractivity contribution in [2.45, 2.75) is 13.8 Å². The van der Waals surface area contributed by atoms with Crippen LogP contribution in [0, 0.1) is 26.2 Å². The van der Waals surface area contributed by atoms with Crippen molar-refractivity contribution in [3.05, 3.63) is 33.8 Å². The highest BCUT2D eigenvalue weighted by molar-refractivity contribution is 6.31. The minimum Gasteiger partial charge on any atom is -0.115 e. The van der Waals surface area contributed by atoms with Crippen LogP contribution in [0.1, 0.15) is 16.7 Å². The van der Waals surface area contributed by atoms with Crippen LogP contribution in [-0.2, 0) is 0 Å². The van der Waals surface area contributed by atoms with Crippen molar-refractivity contribution in [2.24, 2.45) is 0 Å². The Bertz CT molecular complexity index is 318. The third-order valence-electron chi connectivity index (χ3n) is 1.66. The Balaban J connectivity index is 3.35. The number of terminal acetylenes is 1. The third-order valence-corrected chi connectivity index (χ3v) is 2.07. The number of benzene rings is 1. The standard InChI is InChI=1S/C10H9Cl/c1-4-9-5-8(3)10(11)6-7(9)2/h1,5-6H,2-3H3. The van der Waals surface area contributed by atoms with Gasteiger partial charge in [0, 0.05) is 10.6 Å². The molecule has 0 aromatic heterocycles. The Kier molecular flexibility index (Phi) is 2.22. The fraction of sp³-hybridized carbons (Fsp3) is 0.200. The summed E-state index contributed by atoms with van der Waals surface area (Å²) in [5, 5.41) is 0.779. The molecule has 0 nitrogen and oxygen atoms in total. The molecule has 0 aliphatic heterocycles. The summed E-state index contributed by atoms with van der Waals surface area (Å²) in [4.78, 5) is 0. The molecule has 0 fully saturated rings. The lowest BCUT2D eigenvalue weighted by molar-refractivity contribution is 1.37. The van der Waals surface area contributed by atoms with Gasteiger partial charge < -0.3 is 0 Å². The van der Waals surface area contributed by atoms with Gasteiger partial charge in [-0.25, -0.2) is 0 Å². The zero-order valence-electron chi connectivity index (χ0n) is 6.61. The quantitative estimate of drug-likeness (QED) is 0.518. The first kappa shape index (κ1) is 8.17. The highest BCUT2D eigenvalue weighted by Crippen LogP contribution is 2.19. The maximum absolute atomic E-state index is 5.87. The summed E-state index contributed by atoms with van der Waals surface area (Å²) in [6, 6.07) is 3.82. The van der Waals surface area contributed by atoms with Crippen LogP contribution in [0.25, 0.3) is 0 Å². The Morgan fingerprint density at radius 2 is 1.91 bits per heavy atom. The summed E-state index contributed by atoms with van der Waals surface area (Å²) in [5.74, 6) is 2.60. The van der Waals surface area contributed by atoms with E-state index in [1.165, 1.54) is 0 Å². The largest absolute Gasteiger partial charge is 0.115 e. The molecular formula is C10H9Cl. The van der Waals surface area contributed by atoms with E-state index in [1.54, 1.807) is 0 Å². The van der Waals surface area contributed by atoms with Gasteiger partial charge in [0.2, 0.25) is 0 Å². The van der Waals surface area contributed by atoms with Gasteiger partial charge in [-0.2, -0.15) is 0 Å². The second kappa shape index (κ2) is 2.98. The predicted octanol–water partition coefficient (Wildman–Crippen LogP) is 2.94. The second-order valence-corrected chi connectivity index (χ2v) is 2.97. The molecular weight excluding hydrogens is 156 g/mol. The minimum absolute atomic E-state index is 0.779. The highest BCUT2D eigenvalue weighted by Gasteiger charge is 1.99. The van der Waals surface area contributed by atoms with Crippen molar-refractivity contribution in [2.75, 3.05) is 0 Å².